The highest BCUT2D eigenvalue weighted by atomic mass is 19.1. The number of aliphatic hydroxyl groups is 2. The molecule has 0 unspecified atom stereocenters. The number of aliphatic imine (C=N–C) groups is 1. The summed E-state index contributed by atoms with van der Waals surface area (Å²) >= 11 is 0. The molecule has 0 aromatic heterocycles. The SMILES string of the molecule is O=C(N[C@H](Cc1ccccc1)[C@H](O)CO)c1cccc(F)c1C1=NCC(c2ccc(F)cc2)=C1. The Morgan fingerprint density at radius 2 is 1.74 bits per heavy atom. The van der Waals surface area contributed by atoms with Crippen molar-refractivity contribution in [3.05, 3.63) is 113 Å². The van der Waals surface area contributed by atoms with Crippen LogP contribution in [0.2, 0.25) is 0 Å². The smallest absolute Gasteiger partial charge is 0.252 e. The van der Waals surface area contributed by atoms with E-state index in [4.69, 9.17) is 0 Å². The third-order valence-electron chi connectivity index (χ3n) is 5.73. The lowest BCUT2D eigenvalue weighted by molar-refractivity contribution is 0.0567. The quantitative estimate of drug-likeness (QED) is 0.479. The Hall–Kier alpha value is -3.68. The molecular weight excluding hydrogens is 438 g/mol. The van der Waals surface area contributed by atoms with Gasteiger partial charge in [0.1, 0.15) is 11.6 Å². The zero-order valence-electron chi connectivity index (χ0n) is 18.3. The summed E-state index contributed by atoms with van der Waals surface area (Å²) in [4.78, 5) is 17.6. The first kappa shape index (κ1) is 23.5. The maximum atomic E-state index is 14.9. The molecule has 0 aliphatic carbocycles. The van der Waals surface area contributed by atoms with Crippen LogP contribution in [0.25, 0.3) is 5.57 Å². The summed E-state index contributed by atoms with van der Waals surface area (Å²) in [6.45, 7) is -0.263. The van der Waals surface area contributed by atoms with E-state index < -0.39 is 30.5 Å². The Balaban J connectivity index is 1.60. The molecule has 5 nitrogen and oxygen atoms in total. The standard InChI is InChI=1S/C27H24F2N2O3/c28-20-11-9-18(10-12-20)19-14-24(30-15-19)26-21(7-4-8-22(26)29)27(34)31-23(25(33)16-32)13-17-5-2-1-3-6-17/h1-12,14,23,25,32-33H,13,15-16H2,(H,31,34)/t23-,25-/m1/s1. The third-order valence-corrected chi connectivity index (χ3v) is 5.73. The molecule has 7 heteroatoms. The molecule has 1 aliphatic heterocycles. The number of hydrogen-bond acceptors (Lipinski definition) is 4. The average molecular weight is 462 g/mol. The van der Waals surface area contributed by atoms with Crippen molar-refractivity contribution in [3.8, 4) is 0 Å². The summed E-state index contributed by atoms with van der Waals surface area (Å²) in [7, 11) is 0. The topological polar surface area (TPSA) is 81.9 Å². The average Bonchev–Trinajstić information content (AvgIpc) is 3.33. The van der Waals surface area contributed by atoms with Crippen molar-refractivity contribution in [2.75, 3.05) is 13.2 Å². The molecule has 2 atom stereocenters. The van der Waals surface area contributed by atoms with Crippen LogP contribution in [0, 0.1) is 11.6 Å². The van der Waals surface area contributed by atoms with Gasteiger partial charge in [-0.15, -0.1) is 0 Å². The number of carbonyl (C=O) groups excluding carboxylic acids is 1. The fourth-order valence-corrected chi connectivity index (χ4v) is 3.91. The number of nitrogens with one attached hydrogen (secondary N) is 1. The van der Waals surface area contributed by atoms with Gasteiger partial charge in [-0.1, -0.05) is 48.5 Å². The van der Waals surface area contributed by atoms with Crippen LogP contribution in [0.15, 0.2) is 83.9 Å². The van der Waals surface area contributed by atoms with Crippen molar-refractivity contribution in [2.45, 2.75) is 18.6 Å². The summed E-state index contributed by atoms with van der Waals surface area (Å²) in [6.07, 6.45) is 0.774. The number of aliphatic hydroxyl groups excluding tert-OH is 2. The lowest BCUT2D eigenvalue weighted by Gasteiger charge is -2.23. The second-order valence-corrected chi connectivity index (χ2v) is 8.06. The Morgan fingerprint density at radius 3 is 2.44 bits per heavy atom. The van der Waals surface area contributed by atoms with E-state index in [1.807, 2.05) is 30.3 Å². The Morgan fingerprint density at radius 1 is 1.00 bits per heavy atom. The first-order valence-electron chi connectivity index (χ1n) is 10.9. The summed E-state index contributed by atoms with van der Waals surface area (Å²) in [5.41, 5.74) is 2.84. The van der Waals surface area contributed by atoms with Crippen molar-refractivity contribution in [3.63, 3.8) is 0 Å². The first-order chi connectivity index (χ1) is 16.5. The number of amides is 1. The van der Waals surface area contributed by atoms with Crippen molar-refractivity contribution in [1.29, 1.82) is 0 Å². The normalized spacial score (nSPS) is 14.8. The van der Waals surface area contributed by atoms with Gasteiger partial charge in [0.2, 0.25) is 0 Å². The molecule has 4 rings (SSSR count). The van der Waals surface area contributed by atoms with Crippen molar-refractivity contribution < 1.29 is 23.8 Å². The minimum Gasteiger partial charge on any atom is -0.394 e. The van der Waals surface area contributed by atoms with Gasteiger partial charge in [-0.2, -0.15) is 0 Å². The van der Waals surface area contributed by atoms with Crippen LogP contribution in [0.1, 0.15) is 27.0 Å². The summed E-state index contributed by atoms with van der Waals surface area (Å²) in [5.74, 6) is -1.55. The van der Waals surface area contributed by atoms with E-state index in [2.05, 4.69) is 10.3 Å². The number of nitrogens with zero attached hydrogens (tertiary/aromatic N) is 1. The molecular formula is C27H24F2N2O3. The maximum Gasteiger partial charge on any atom is 0.252 e. The molecule has 0 radical (unpaired) electrons. The van der Waals surface area contributed by atoms with Crippen LogP contribution in [-0.4, -0.2) is 47.1 Å². The van der Waals surface area contributed by atoms with Crippen molar-refractivity contribution in [1.82, 2.24) is 5.32 Å². The molecule has 34 heavy (non-hydrogen) atoms. The monoisotopic (exact) mass is 462 g/mol. The van der Waals surface area contributed by atoms with Crippen molar-refractivity contribution in [2.24, 2.45) is 4.99 Å². The summed E-state index contributed by atoms with van der Waals surface area (Å²) in [6, 6.07) is 18.6. The fraction of sp³-hybridized carbons (Fsp3) is 0.185. The molecule has 3 aromatic rings. The lowest BCUT2D eigenvalue weighted by atomic mass is 9.97. The predicted octanol–water partition coefficient (Wildman–Crippen LogP) is 3.55. The molecule has 1 amide bonds. The minimum absolute atomic E-state index is 0.0501. The van der Waals surface area contributed by atoms with Gasteiger partial charge in [-0.25, -0.2) is 8.78 Å². The number of allylic oxidation sites excluding steroid dienone is 1. The van der Waals surface area contributed by atoms with E-state index in [1.165, 1.54) is 30.3 Å². The van der Waals surface area contributed by atoms with Crippen LogP contribution in [0.4, 0.5) is 8.78 Å². The number of halogens is 2. The number of carbonyl (C=O) groups is 1. The van der Waals surface area contributed by atoms with Gasteiger partial charge in [0.05, 0.1) is 36.6 Å². The van der Waals surface area contributed by atoms with Crippen LogP contribution in [0.3, 0.4) is 0 Å². The van der Waals surface area contributed by atoms with Gasteiger partial charge in [-0.05, 0) is 53.5 Å². The Kier molecular flexibility index (Phi) is 7.25. The van der Waals surface area contributed by atoms with Gasteiger partial charge >= 0.3 is 0 Å². The van der Waals surface area contributed by atoms with Gasteiger partial charge in [0, 0.05) is 5.56 Å². The van der Waals surface area contributed by atoms with Crippen molar-refractivity contribution >= 4 is 17.2 Å². The predicted molar refractivity (Wildman–Crippen MR) is 127 cm³/mol. The molecule has 174 valence electrons. The minimum atomic E-state index is -1.20. The van der Waals surface area contributed by atoms with Crippen LogP contribution in [-0.2, 0) is 6.42 Å². The molecule has 0 fully saturated rings. The number of hydrogen-bond donors (Lipinski definition) is 3. The number of rotatable bonds is 8. The second kappa shape index (κ2) is 10.5. The summed E-state index contributed by atoms with van der Waals surface area (Å²) < 4.78 is 28.2. The molecule has 3 N–H and O–H groups in total. The van der Waals surface area contributed by atoms with E-state index in [9.17, 15) is 23.8 Å². The zero-order valence-corrected chi connectivity index (χ0v) is 18.3. The second-order valence-electron chi connectivity index (χ2n) is 8.06. The zero-order chi connectivity index (χ0) is 24.1. The van der Waals surface area contributed by atoms with E-state index >= 15 is 0 Å². The molecule has 1 aliphatic rings. The molecule has 0 saturated heterocycles. The van der Waals surface area contributed by atoms with Gasteiger partial charge < -0.3 is 15.5 Å². The van der Waals surface area contributed by atoms with E-state index in [1.54, 1.807) is 18.2 Å². The highest BCUT2D eigenvalue weighted by Crippen LogP contribution is 2.25. The van der Waals surface area contributed by atoms with Gasteiger partial charge in [-0.3, -0.25) is 9.79 Å². The number of benzene rings is 3. The molecule has 0 bridgehead atoms. The highest BCUT2D eigenvalue weighted by Gasteiger charge is 2.26. The third kappa shape index (κ3) is 5.27. The van der Waals surface area contributed by atoms with E-state index in [0.29, 0.717) is 5.71 Å². The first-order valence-corrected chi connectivity index (χ1v) is 10.9. The highest BCUT2D eigenvalue weighted by molar-refractivity contribution is 6.19. The Bertz CT molecular complexity index is 1220. The largest absolute Gasteiger partial charge is 0.394 e. The van der Waals surface area contributed by atoms with Gasteiger partial charge in [0.15, 0.2) is 0 Å². The van der Waals surface area contributed by atoms with E-state index in [-0.39, 0.29) is 29.9 Å². The molecule has 1 heterocycles. The molecule has 0 saturated carbocycles. The van der Waals surface area contributed by atoms with Crippen LogP contribution >= 0.6 is 0 Å². The maximum absolute atomic E-state index is 14.9. The van der Waals surface area contributed by atoms with E-state index in [0.717, 1.165) is 16.7 Å². The fourth-order valence-electron chi connectivity index (χ4n) is 3.91. The van der Waals surface area contributed by atoms with Crippen LogP contribution < -0.4 is 5.32 Å². The Labute approximate surface area is 196 Å². The lowest BCUT2D eigenvalue weighted by Crippen LogP contribution is -2.46. The summed E-state index contributed by atoms with van der Waals surface area (Å²) in [5, 5.41) is 22.5. The van der Waals surface area contributed by atoms with Gasteiger partial charge in [0.25, 0.3) is 5.91 Å². The van der Waals surface area contributed by atoms with Crippen LogP contribution in [0.5, 0.6) is 0 Å². The molecule has 3 aromatic carbocycles. The molecule has 0 spiro atoms.